The van der Waals surface area contributed by atoms with Crippen molar-refractivity contribution in [1.82, 2.24) is 0 Å². The van der Waals surface area contributed by atoms with E-state index in [0.29, 0.717) is 12.8 Å². The molecule has 0 N–H and O–H groups in total. The zero-order valence-electron chi connectivity index (χ0n) is 26.9. The molecule has 0 amide bonds. The minimum absolute atomic E-state index is 0. The van der Waals surface area contributed by atoms with Gasteiger partial charge in [-0.15, -0.1) is 0 Å². The van der Waals surface area contributed by atoms with Crippen molar-refractivity contribution in [2.24, 2.45) is 0 Å². The van der Waals surface area contributed by atoms with Crippen LogP contribution in [-0.4, -0.2) is 43.4 Å². The Kier molecular flexibility index (Phi) is 33.9. The molecule has 0 spiro atoms. The molecule has 0 radical (unpaired) electrons. The first-order chi connectivity index (χ1) is 19.3. The number of esters is 2. The molecule has 0 bridgehead atoms. The zero-order valence-corrected chi connectivity index (χ0v) is 30.9. The zero-order chi connectivity index (χ0) is 29.7. The Bertz CT molecular complexity index is 700. The van der Waals surface area contributed by atoms with Gasteiger partial charge in [-0.05, 0) is 12.8 Å². The molecule has 0 saturated heterocycles. The third-order valence-electron chi connectivity index (χ3n) is 7.47. The largest absolute Gasteiger partial charge is 1.00 e. The second kappa shape index (κ2) is 31.9. The van der Waals surface area contributed by atoms with Gasteiger partial charge >= 0.3 is 63.3 Å². The summed E-state index contributed by atoms with van der Waals surface area (Å²) in [6.45, 7) is 4.67. The number of ether oxygens (including phenoxy) is 2. The van der Waals surface area contributed by atoms with Crippen molar-refractivity contribution in [1.29, 1.82) is 0 Å². The number of rotatable bonds is 30. The van der Waals surface area contributed by atoms with Gasteiger partial charge in [0.2, 0.25) is 0 Å². The standard InChI is InChI=1S/C32H62O7S.K/c1-3-5-7-9-11-13-15-17-19-21-23-25-27-38-31(33)29-30(40(35,36)37)32(34)39-28-26-24-22-20-18-16-14-12-10-8-6-4-2;/h30H,3-29H2,1-2H3,(H,35,36,37);/q;+1/p-1. The molecule has 7 nitrogen and oxygen atoms in total. The molecule has 0 aliphatic heterocycles. The van der Waals surface area contributed by atoms with Crippen molar-refractivity contribution in [2.45, 2.75) is 180 Å². The maximum absolute atomic E-state index is 12.2. The number of hydrogen-bond acceptors (Lipinski definition) is 7. The van der Waals surface area contributed by atoms with Crippen LogP contribution < -0.4 is 51.4 Å². The van der Waals surface area contributed by atoms with Crippen molar-refractivity contribution >= 4 is 22.1 Å². The SMILES string of the molecule is CCCCCCCCCCCCCCOC(=O)CC(C(=O)OCCCCCCCCCCCCCC)S(=O)(=O)[O-].[K+]. The van der Waals surface area contributed by atoms with Crippen molar-refractivity contribution in [3.63, 3.8) is 0 Å². The summed E-state index contributed by atoms with van der Waals surface area (Å²) in [5, 5.41) is -2.04. The molecule has 0 heterocycles. The fourth-order valence-corrected chi connectivity index (χ4v) is 5.50. The molecule has 0 aromatic heterocycles. The smallest absolute Gasteiger partial charge is 0.747 e. The van der Waals surface area contributed by atoms with Gasteiger partial charge in [-0.25, -0.2) is 8.42 Å². The van der Waals surface area contributed by atoms with E-state index in [0.717, 1.165) is 38.5 Å². The van der Waals surface area contributed by atoms with E-state index >= 15 is 0 Å². The Morgan fingerprint density at radius 3 is 1.15 bits per heavy atom. The average Bonchev–Trinajstić information content (AvgIpc) is 2.91. The maximum atomic E-state index is 12.2. The Hall–Kier alpha value is 0.486. The quantitative estimate of drug-likeness (QED) is 0.0429. The minimum Gasteiger partial charge on any atom is -0.747 e. The first-order valence-electron chi connectivity index (χ1n) is 16.6. The fourth-order valence-electron chi connectivity index (χ4n) is 4.85. The summed E-state index contributed by atoms with van der Waals surface area (Å²) in [5.74, 6) is -2.00. The minimum atomic E-state index is -5.01. The van der Waals surface area contributed by atoms with Crippen LogP contribution in [0.3, 0.4) is 0 Å². The van der Waals surface area contributed by atoms with Crippen LogP contribution in [-0.2, 0) is 29.2 Å². The van der Waals surface area contributed by atoms with E-state index in [2.05, 4.69) is 13.8 Å². The van der Waals surface area contributed by atoms with Crippen molar-refractivity contribution in [3.05, 3.63) is 0 Å². The van der Waals surface area contributed by atoms with Crippen LogP contribution in [0.1, 0.15) is 174 Å². The molecule has 1 unspecified atom stereocenters. The second-order valence-electron chi connectivity index (χ2n) is 11.4. The summed E-state index contributed by atoms with van der Waals surface area (Å²) in [7, 11) is -5.01. The van der Waals surface area contributed by atoms with E-state index < -0.39 is 33.7 Å². The summed E-state index contributed by atoms with van der Waals surface area (Å²) in [4.78, 5) is 24.3. The van der Waals surface area contributed by atoms with Crippen LogP contribution in [0.5, 0.6) is 0 Å². The van der Waals surface area contributed by atoms with Gasteiger partial charge < -0.3 is 14.0 Å². The van der Waals surface area contributed by atoms with Gasteiger partial charge in [-0.1, -0.05) is 155 Å². The number of unbranched alkanes of at least 4 members (excludes halogenated alkanes) is 22. The molecule has 0 aliphatic rings. The molecular formula is C32H61KO7S. The average molecular weight is 629 g/mol. The van der Waals surface area contributed by atoms with Crippen LogP contribution in [0.25, 0.3) is 0 Å². The second-order valence-corrected chi connectivity index (χ2v) is 12.9. The van der Waals surface area contributed by atoms with Crippen LogP contribution in [0.4, 0.5) is 0 Å². The molecule has 0 saturated carbocycles. The van der Waals surface area contributed by atoms with E-state index in [1.807, 2.05) is 0 Å². The topological polar surface area (TPSA) is 110 Å². The van der Waals surface area contributed by atoms with E-state index in [1.165, 1.54) is 103 Å². The van der Waals surface area contributed by atoms with Gasteiger partial charge in [0.15, 0.2) is 5.25 Å². The van der Waals surface area contributed by atoms with Crippen molar-refractivity contribution < 1.29 is 83.4 Å². The molecule has 0 fully saturated rings. The van der Waals surface area contributed by atoms with Gasteiger partial charge in [-0.2, -0.15) is 0 Å². The van der Waals surface area contributed by atoms with Crippen molar-refractivity contribution in [2.75, 3.05) is 13.2 Å². The summed E-state index contributed by atoms with van der Waals surface area (Å²) in [6.07, 6.45) is 27.4. The Balaban J connectivity index is 0. The van der Waals surface area contributed by atoms with Crippen molar-refractivity contribution in [3.8, 4) is 0 Å². The molecule has 0 aromatic carbocycles. The first-order valence-corrected chi connectivity index (χ1v) is 18.1. The molecule has 1 atom stereocenters. The number of carbonyl (C=O) groups excluding carboxylic acids is 2. The van der Waals surface area contributed by atoms with Crippen LogP contribution >= 0.6 is 0 Å². The normalized spacial score (nSPS) is 12.1. The molecule has 0 rings (SSSR count). The van der Waals surface area contributed by atoms with E-state index in [9.17, 15) is 22.6 Å². The molecule has 238 valence electrons. The Morgan fingerprint density at radius 1 is 0.537 bits per heavy atom. The predicted octanol–water partition coefficient (Wildman–Crippen LogP) is 5.78. The molecule has 0 aliphatic carbocycles. The monoisotopic (exact) mass is 628 g/mol. The van der Waals surface area contributed by atoms with Gasteiger partial charge in [0.1, 0.15) is 10.1 Å². The van der Waals surface area contributed by atoms with Gasteiger partial charge in [0.05, 0.1) is 19.6 Å². The van der Waals surface area contributed by atoms with E-state index in [-0.39, 0.29) is 64.6 Å². The van der Waals surface area contributed by atoms with Gasteiger partial charge in [-0.3, -0.25) is 9.59 Å². The van der Waals surface area contributed by atoms with E-state index in [1.54, 1.807) is 0 Å². The Morgan fingerprint density at radius 2 is 0.829 bits per heavy atom. The van der Waals surface area contributed by atoms with E-state index in [4.69, 9.17) is 9.47 Å². The molecular weight excluding hydrogens is 568 g/mol. The Labute approximate surface area is 295 Å². The predicted molar refractivity (Wildman–Crippen MR) is 162 cm³/mol. The maximum Gasteiger partial charge on any atom is 1.00 e. The van der Waals surface area contributed by atoms with Gasteiger partial charge in [0.25, 0.3) is 0 Å². The third-order valence-corrected chi connectivity index (χ3v) is 8.52. The van der Waals surface area contributed by atoms with Gasteiger partial charge in [0, 0.05) is 0 Å². The summed E-state index contributed by atoms with van der Waals surface area (Å²) < 4.78 is 44.8. The number of hydrogen-bond donors (Lipinski definition) is 0. The molecule has 41 heavy (non-hydrogen) atoms. The van der Waals surface area contributed by atoms with Crippen LogP contribution in [0.15, 0.2) is 0 Å². The fraction of sp³-hybridized carbons (Fsp3) is 0.938. The summed E-state index contributed by atoms with van der Waals surface area (Å²) >= 11 is 0. The summed E-state index contributed by atoms with van der Waals surface area (Å²) in [6, 6.07) is 0. The first kappa shape index (κ1) is 43.6. The van der Waals surface area contributed by atoms with Crippen LogP contribution in [0, 0.1) is 0 Å². The third kappa shape index (κ3) is 30.3. The molecule has 0 aromatic rings. The molecule has 9 heteroatoms. The summed E-state index contributed by atoms with van der Waals surface area (Å²) in [5.41, 5.74) is 0. The number of carbonyl (C=O) groups is 2. The van der Waals surface area contributed by atoms with Crippen LogP contribution in [0.2, 0.25) is 0 Å².